The molecule has 2 rings (SSSR count). The highest BCUT2D eigenvalue weighted by molar-refractivity contribution is 5.98. The zero-order chi connectivity index (χ0) is 56.5. The summed E-state index contributed by atoms with van der Waals surface area (Å²) in [6.07, 6.45) is 2.29. The van der Waals surface area contributed by atoms with E-state index in [-0.39, 0.29) is 101 Å². The van der Waals surface area contributed by atoms with E-state index in [2.05, 4.69) is 47.9 Å². The van der Waals surface area contributed by atoms with Gasteiger partial charge in [0.05, 0.1) is 6.04 Å². The highest BCUT2D eigenvalue weighted by Crippen LogP contribution is 2.21. The van der Waals surface area contributed by atoms with Gasteiger partial charge in [-0.2, -0.15) is 0 Å². The van der Waals surface area contributed by atoms with Crippen molar-refractivity contribution in [3.63, 3.8) is 0 Å². The van der Waals surface area contributed by atoms with Gasteiger partial charge in [0, 0.05) is 32.6 Å². The standard InChI is InChI=1S/C48H84N18O9/c1-25(2)13-18-31(38(50)68)61-39(69)28(6)60-41(71)34(24-29-14-16-30(67)17-15-29)64-44(74)37(26(3)4)65-40(70)32(10-7-20-57-46(51)52)62-42(72)35-12-9-23-66(35)45(75)33(11-8-21-58-47(53)54)63-43(73)36(49)27(5)19-22-59-48(55)56/h14-17,25-28,31-37,67H,7-13,18-24,49H2,1-6H3,(H2,50,68)(H,60,71)(H,61,69)(H,62,72)(H,63,73)(H,64,74)(H,65,70)(H4,51,52,57)(H4,53,54,58)(H4,55,56,59). The van der Waals surface area contributed by atoms with E-state index in [1.807, 2.05) is 13.8 Å². The van der Waals surface area contributed by atoms with Gasteiger partial charge in [-0.25, -0.2) is 0 Å². The number of phenolic OH excluding ortho intramolecular Hbond substituents is 1. The fraction of sp³-hybridized carbons (Fsp3) is 0.646. The quantitative estimate of drug-likeness (QED) is 0.0192. The van der Waals surface area contributed by atoms with Crippen molar-refractivity contribution in [3.05, 3.63) is 29.8 Å². The summed E-state index contributed by atoms with van der Waals surface area (Å²) in [5.41, 5.74) is 28.7. The maximum Gasteiger partial charge on any atom is 0.245 e. The molecule has 1 aromatic rings. The summed E-state index contributed by atoms with van der Waals surface area (Å²) < 4.78 is 0. The largest absolute Gasteiger partial charge is 0.508 e. The first-order valence-electron chi connectivity index (χ1n) is 25.4. The van der Waals surface area contributed by atoms with E-state index in [0.29, 0.717) is 24.8 Å². The predicted molar refractivity (Wildman–Crippen MR) is 282 cm³/mol. The van der Waals surface area contributed by atoms with Crippen molar-refractivity contribution in [1.29, 1.82) is 16.2 Å². The van der Waals surface area contributed by atoms with Crippen LogP contribution in [0.4, 0.5) is 0 Å². The molecule has 9 atom stereocenters. The van der Waals surface area contributed by atoms with Crippen LogP contribution < -0.4 is 76.5 Å². The lowest BCUT2D eigenvalue weighted by molar-refractivity contribution is -0.142. The van der Waals surface area contributed by atoms with Crippen LogP contribution in [0, 0.1) is 34.0 Å². The lowest BCUT2D eigenvalue weighted by Crippen LogP contribution is -2.61. The Balaban J connectivity index is 2.39. The van der Waals surface area contributed by atoms with Crippen LogP contribution in [0.5, 0.6) is 5.75 Å². The number of carbonyl (C=O) groups is 8. The number of likely N-dealkylation sites (tertiary alicyclic amines) is 1. The van der Waals surface area contributed by atoms with E-state index in [9.17, 15) is 43.5 Å². The van der Waals surface area contributed by atoms with Crippen LogP contribution in [0.15, 0.2) is 24.3 Å². The Morgan fingerprint density at radius 3 is 1.69 bits per heavy atom. The predicted octanol–water partition coefficient (Wildman–Crippen LogP) is -3.20. The molecule has 8 amide bonds. The third kappa shape index (κ3) is 23.1. The van der Waals surface area contributed by atoms with Crippen LogP contribution in [0.2, 0.25) is 0 Å². The molecule has 0 aromatic heterocycles. The van der Waals surface area contributed by atoms with Crippen molar-refractivity contribution in [2.45, 2.75) is 154 Å². The molecule has 1 saturated heterocycles. The molecular weight excluding hydrogens is 973 g/mol. The van der Waals surface area contributed by atoms with Gasteiger partial charge in [-0.3, -0.25) is 54.6 Å². The molecule has 27 heteroatoms. The summed E-state index contributed by atoms with van der Waals surface area (Å²) in [7, 11) is 0. The normalized spacial score (nSPS) is 16.3. The van der Waals surface area contributed by atoms with Crippen molar-refractivity contribution >= 4 is 65.1 Å². The molecule has 1 heterocycles. The molecule has 75 heavy (non-hydrogen) atoms. The highest BCUT2D eigenvalue weighted by Gasteiger charge is 2.40. The molecular formula is C48H84N18O9. The van der Waals surface area contributed by atoms with E-state index in [4.69, 9.17) is 44.9 Å². The molecule has 420 valence electrons. The second-order valence-corrected chi connectivity index (χ2v) is 19.7. The maximum absolute atomic E-state index is 14.3. The van der Waals surface area contributed by atoms with Crippen molar-refractivity contribution in [3.8, 4) is 5.75 Å². The first-order chi connectivity index (χ1) is 35.2. The number of hydrogen-bond acceptors (Lipinski definition) is 13. The summed E-state index contributed by atoms with van der Waals surface area (Å²) in [5, 5.41) is 56.4. The maximum atomic E-state index is 14.3. The monoisotopic (exact) mass is 1060 g/mol. The number of rotatable bonds is 32. The first kappa shape index (κ1) is 63.7. The van der Waals surface area contributed by atoms with E-state index in [0.717, 1.165) is 0 Å². The third-order valence-electron chi connectivity index (χ3n) is 12.6. The number of nitrogens with zero attached hydrogens (tertiary/aromatic N) is 1. The molecule has 1 aliphatic rings. The van der Waals surface area contributed by atoms with Gasteiger partial charge in [0.25, 0.3) is 0 Å². The molecule has 0 radical (unpaired) electrons. The second-order valence-electron chi connectivity index (χ2n) is 19.7. The summed E-state index contributed by atoms with van der Waals surface area (Å²) in [4.78, 5) is 111. The van der Waals surface area contributed by atoms with Crippen molar-refractivity contribution in [1.82, 2.24) is 52.8 Å². The minimum absolute atomic E-state index is 0.0231. The van der Waals surface area contributed by atoms with Crippen molar-refractivity contribution < 1.29 is 43.5 Å². The van der Waals surface area contributed by atoms with E-state index in [1.54, 1.807) is 32.9 Å². The number of nitrogens with two attached hydrogens (primary N) is 5. The molecule has 1 aliphatic heterocycles. The minimum Gasteiger partial charge on any atom is -0.508 e. The van der Waals surface area contributed by atoms with Gasteiger partial charge in [-0.1, -0.05) is 46.8 Å². The minimum atomic E-state index is -1.34. The second kappa shape index (κ2) is 32.0. The van der Waals surface area contributed by atoms with E-state index < -0.39 is 107 Å². The van der Waals surface area contributed by atoms with Gasteiger partial charge in [0.2, 0.25) is 47.3 Å². The van der Waals surface area contributed by atoms with Gasteiger partial charge < -0.3 is 86.5 Å². The number of benzene rings is 1. The van der Waals surface area contributed by atoms with Gasteiger partial charge in [-0.05, 0) is 100 Å². The molecule has 27 nitrogen and oxygen atoms in total. The van der Waals surface area contributed by atoms with E-state index in [1.165, 1.54) is 24.0 Å². The summed E-state index contributed by atoms with van der Waals surface area (Å²) in [6, 6.07) is -3.53. The Morgan fingerprint density at radius 1 is 0.613 bits per heavy atom. The number of guanidine groups is 3. The van der Waals surface area contributed by atoms with Gasteiger partial charge in [0.15, 0.2) is 17.9 Å². The first-order valence-corrected chi connectivity index (χ1v) is 25.4. The molecule has 0 bridgehead atoms. The number of carbonyl (C=O) groups excluding carboxylic acids is 8. The number of amides is 8. The number of aromatic hydroxyl groups is 1. The number of primary amides is 1. The molecule has 0 aliphatic carbocycles. The zero-order valence-corrected chi connectivity index (χ0v) is 44.1. The Hall–Kier alpha value is -7.45. The van der Waals surface area contributed by atoms with Crippen molar-refractivity contribution in [2.75, 3.05) is 26.2 Å². The smallest absolute Gasteiger partial charge is 0.245 e. The number of nitrogens with one attached hydrogen (secondary N) is 12. The molecule has 1 fully saturated rings. The summed E-state index contributed by atoms with van der Waals surface area (Å²) >= 11 is 0. The van der Waals surface area contributed by atoms with Crippen LogP contribution in [-0.2, 0) is 44.8 Å². The fourth-order valence-electron chi connectivity index (χ4n) is 8.09. The van der Waals surface area contributed by atoms with Crippen molar-refractivity contribution in [2.24, 2.45) is 46.4 Å². The molecule has 0 saturated carbocycles. The average molecular weight is 1060 g/mol. The summed E-state index contributed by atoms with van der Waals surface area (Å²) in [5.74, 6) is -7.35. The van der Waals surface area contributed by atoms with Crippen LogP contribution in [-0.4, -0.2) is 150 Å². The van der Waals surface area contributed by atoms with Gasteiger partial charge in [0.1, 0.15) is 48.0 Å². The van der Waals surface area contributed by atoms with Crippen LogP contribution in [0.3, 0.4) is 0 Å². The Bertz CT molecular complexity index is 2130. The van der Waals surface area contributed by atoms with Crippen LogP contribution in [0.25, 0.3) is 0 Å². The van der Waals surface area contributed by atoms with Gasteiger partial charge >= 0.3 is 0 Å². The van der Waals surface area contributed by atoms with Crippen LogP contribution in [0.1, 0.15) is 105 Å². The highest BCUT2D eigenvalue weighted by atomic mass is 16.3. The Kier molecular flexibility index (Phi) is 27.2. The topological polar surface area (TPSA) is 470 Å². The lowest BCUT2D eigenvalue weighted by atomic mass is 9.97. The number of phenols is 1. The summed E-state index contributed by atoms with van der Waals surface area (Å²) in [6.45, 7) is 11.1. The Morgan fingerprint density at radius 2 is 1.15 bits per heavy atom. The third-order valence-corrected chi connectivity index (χ3v) is 12.6. The molecule has 23 N–H and O–H groups in total. The number of hydrogen-bond donors (Lipinski definition) is 18. The molecule has 1 aromatic carbocycles. The fourth-order valence-corrected chi connectivity index (χ4v) is 8.09. The zero-order valence-electron chi connectivity index (χ0n) is 44.1. The Labute approximate surface area is 438 Å². The SMILES string of the molecule is CC(C)CCC(NC(=O)C(C)NC(=O)C(Cc1ccc(O)cc1)NC(=O)C(NC(=O)C(CCCNC(=N)N)NC(=O)C1CCCN1C(=O)C(CCCNC(=N)N)NC(=O)C(N)C(C)CCNC(=N)N)C(C)C)C(N)=O. The van der Waals surface area contributed by atoms with E-state index >= 15 is 0 Å². The van der Waals surface area contributed by atoms with Crippen LogP contribution >= 0.6 is 0 Å². The van der Waals surface area contributed by atoms with Gasteiger partial charge in [-0.15, -0.1) is 0 Å². The lowest BCUT2D eigenvalue weighted by Gasteiger charge is -2.31. The molecule has 9 unspecified atom stereocenters. The molecule has 0 spiro atoms. The average Bonchev–Trinajstić information content (AvgIpc) is 3.83.